The van der Waals surface area contributed by atoms with E-state index in [1.807, 2.05) is 6.92 Å². The molecule has 1 rings (SSSR count). The van der Waals surface area contributed by atoms with Gasteiger partial charge in [0.05, 0.1) is 0 Å². The zero-order valence-corrected chi connectivity index (χ0v) is 12.7. The van der Waals surface area contributed by atoms with Crippen molar-refractivity contribution in [3.8, 4) is 0 Å². The molecule has 0 bridgehead atoms. The van der Waals surface area contributed by atoms with Gasteiger partial charge in [0.15, 0.2) is 0 Å². The minimum Gasteiger partial charge on any atom is -0.352 e. The van der Waals surface area contributed by atoms with Gasteiger partial charge in [-0.3, -0.25) is 4.79 Å². The van der Waals surface area contributed by atoms with Crippen molar-refractivity contribution in [1.82, 2.24) is 15.2 Å². The van der Waals surface area contributed by atoms with Crippen LogP contribution in [0.15, 0.2) is 12.1 Å². The number of hydrazine groups is 1. The molecule has 112 valence electrons. The molecule has 4 N–H and O–H groups in total. The smallest absolute Gasteiger partial charge is 0.251 e. The molecule has 1 aromatic heterocycles. The zero-order chi connectivity index (χ0) is 15.1. The van der Waals surface area contributed by atoms with E-state index in [0.29, 0.717) is 24.0 Å². The number of nitrogens with zero attached hydrogens (tertiary/aromatic N) is 2. The lowest BCUT2D eigenvalue weighted by atomic mass is 10.2. The Morgan fingerprint density at radius 2 is 2.15 bits per heavy atom. The van der Waals surface area contributed by atoms with Crippen molar-refractivity contribution in [3.05, 3.63) is 23.4 Å². The van der Waals surface area contributed by atoms with Crippen molar-refractivity contribution in [3.63, 3.8) is 0 Å². The van der Waals surface area contributed by atoms with Crippen LogP contribution in [0.3, 0.4) is 0 Å². The molecule has 1 amide bonds. The summed E-state index contributed by atoms with van der Waals surface area (Å²) < 4.78 is 0. The summed E-state index contributed by atoms with van der Waals surface area (Å²) in [5.41, 5.74) is 3.79. The van der Waals surface area contributed by atoms with Crippen LogP contribution >= 0.6 is 0 Å². The topological polar surface area (TPSA) is 83.3 Å². The largest absolute Gasteiger partial charge is 0.352 e. The van der Waals surface area contributed by atoms with Crippen molar-refractivity contribution < 1.29 is 4.79 Å². The summed E-state index contributed by atoms with van der Waals surface area (Å²) in [5.74, 6) is 5.72. The zero-order valence-electron chi connectivity index (χ0n) is 12.7. The monoisotopic (exact) mass is 279 g/mol. The fourth-order valence-corrected chi connectivity index (χ4v) is 1.76. The summed E-state index contributed by atoms with van der Waals surface area (Å²) in [5, 5.41) is 2.91. The highest BCUT2D eigenvalue weighted by Crippen LogP contribution is 2.08. The fraction of sp³-hybridized carbons (Fsp3) is 0.571. The maximum absolute atomic E-state index is 12.0. The van der Waals surface area contributed by atoms with E-state index < -0.39 is 0 Å². The number of carbonyl (C=O) groups is 1. The van der Waals surface area contributed by atoms with Crippen LogP contribution in [-0.4, -0.2) is 42.0 Å². The number of nitrogens with one attached hydrogen (secondary N) is 2. The van der Waals surface area contributed by atoms with Crippen molar-refractivity contribution >= 4 is 11.7 Å². The third-order valence-electron chi connectivity index (χ3n) is 3.22. The van der Waals surface area contributed by atoms with Crippen LogP contribution in [0.2, 0.25) is 0 Å². The lowest BCUT2D eigenvalue weighted by molar-refractivity contribution is 0.0951. The molecule has 0 unspecified atom stereocenters. The van der Waals surface area contributed by atoms with E-state index in [4.69, 9.17) is 5.84 Å². The average Bonchev–Trinajstić information content (AvgIpc) is 2.42. The van der Waals surface area contributed by atoms with Crippen LogP contribution in [0, 0.1) is 6.92 Å². The van der Waals surface area contributed by atoms with Crippen LogP contribution < -0.4 is 16.6 Å². The van der Waals surface area contributed by atoms with Crippen molar-refractivity contribution in [2.45, 2.75) is 33.2 Å². The van der Waals surface area contributed by atoms with Gasteiger partial charge in [0.25, 0.3) is 5.91 Å². The maximum Gasteiger partial charge on any atom is 0.251 e. The first kappa shape index (κ1) is 16.4. The van der Waals surface area contributed by atoms with E-state index in [-0.39, 0.29) is 5.91 Å². The van der Waals surface area contributed by atoms with Gasteiger partial charge in [-0.05, 0) is 52.9 Å². The third-order valence-corrected chi connectivity index (χ3v) is 3.22. The highest BCUT2D eigenvalue weighted by molar-refractivity contribution is 5.94. The quantitative estimate of drug-likeness (QED) is 0.396. The van der Waals surface area contributed by atoms with E-state index >= 15 is 0 Å². The first-order valence-corrected chi connectivity index (χ1v) is 6.87. The molecule has 0 radical (unpaired) electrons. The van der Waals surface area contributed by atoms with Crippen LogP contribution in [0.4, 0.5) is 5.82 Å². The molecule has 1 aromatic rings. The van der Waals surface area contributed by atoms with Crippen LogP contribution in [-0.2, 0) is 0 Å². The predicted molar refractivity (Wildman–Crippen MR) is 81.5 cm³/mol. The number of aryl methyl sites for hydroxylation is 1. The number of hydrogen-bond acceptors (Lipinski definition) is 5. The van der Waals surface area contributed by atoms with E-state index in [0.717, 1.165) is 18.7 Å². The van der Waals surface area contributed by atoms with Crippen LogP contribution in [0.25, 0.3) is 0 Å². The molecular weight excluding hydrogens is 254 g/mol. The number of amides is 1. The number of rotatable bonds is 7. The van der Waals surface area contributed by atoms with Gasteiger partial charge in [-0.15, -0.1) is 0 Å². The minimum absolute atomic E-state index is 0.0980. The summed E-state index contributed by atoms with van der Waals surface area (Å²) in [6.07, 6.45) is 0.923. The van der Waals surface area contributed by atoms with Gasteiger partial charge in [0.2, 0.25) is 0 Å². The molecule has 1 heterocycles. The summed E-state index contributed by atoms with van der Waals surface area (Å²) in [6, 6.07) is 3.91. The fourth-order valence-electron chi connectivity index (χ4n) is 1.76. The Morgan fingerprint density at radius 1 is 1.45 bits per heavy atom. The average molecular weight is 279 g/mol. The molecule has 0 saturated heterocycles. The van der Waals surface area contributed by atoms with Gasteiger partial charge in [-0.1, -0.05) is 0 Å². The number of pyridine rings is 1. The second-order valence-corrected chi connectivity index (χ2v) is 5.21. The molecule has 0 aromatic carbocycles. The lowest BCUT2D eigenvalue weighted by Crippen LogP contribution is -2.31. The van der Waals surface area contributed by atoms with E-state index in [1.165, 1.54) is 0 Å². The summed E-state index contributed by atoms with van der Waals surface area (Å²) in [7, 11) is 2.08. The van der Waals surface area contributed by atoms with Gasteiger partial charge >= 0.3 is 0 Å². The Balaban J connectivity index is 2.45. The van der Waals surface area contributed by atoms with Crippen molar-refractivity contribution in [2.24, 2.45) is 5.84 Å². The molecule has 0 atom stereocenters. The van der Waals surface area contributed by atoms with Crippen LogP contribution in [0.5, 0.6) is 0 Å². The molecule has 6 nitrogen and oxygen atoms in total. The molecule has 20 heavy (non-hydrogen) atoms. The minimum atomic E-state index is -0.0980. The standard InChI is InChI=1S/C14H25N5O/c1-10(2)19(4)7-5-6-16-14(20)12-8-11(3)17-13(9-12)18-15/h8-10H,5-7,15H2,1-4H3,(H,16,20)(H,17,18). The molecule has 0 saturated carbocycles. The number of anilines is 1. The first-order valence-electron chi connectivity index (χ1n) is 6.87. The van der Waals surface area contributed by atoms with Gasteiger partial charge in [0.1, 0.15) is 5.82 Å². The maximum atomic E-state index is 12.0. The summed E-state index contributed by atoms with van der Waals surface area (Å²) >= 11 is 0. The first-order chi connectivity index (χ1) is 9.43. The molecule has 0 aliphatic rings. The van der Waals surface area contributed by atoms with Crippen molar-refractivity contribution in [2.75, 3.05) is 25.6 Å². The Hall–Kier alpha value is -1.66. The molecule has 0 spiro atoms. The van der Waals surface area contributed by atoms with Crippen LogP contribution in [0.1, 0.15) is 36.3 Å². The van der Waals surface area contributed by atoms with E-state index in [1.54, 1.807) is 12.1 Å². The Labute approximate surface area is 120 Å². The number of nitrogens with two attached hydrogens (primary N) is 1. The number of aromatic nitrogens is 1. The second kappa shape index (κ2) is 7.81. The molecule has 0 aliphatic heterocycles. The highest BCUT2D eigenvalue weighted by Gasteiger charge is 2.08. The Bertz CT molecular complexity index is 447. The number of hydrogen-bond donors (Lipinski definition) is 3. The Morgan fingerprint density at radius 3 is 2.75 bits per heavy atom. The predicted octanol–water partition coefficient (Wildman–Crippen LogP) is 1.14. The molecule has 6 heteroatoms. The van der Waals surface area contributed by atoms with E-state index in [9.17, 15) is 4.79 Å². The van der Waals surface area contributed by atoms with E-state index in [2.05, 4.69) is 41.5 Å². The normalized spacial score (nSPS) is 10.9. The highest BCUT2D eigenvalue weighted by atomic mass is 16.1. The lowest BCUT2D eigenvalue weighted by Gasteiger charge is -2.20. The summed E-state index contributed by atoms with van der Waals surface area (Å²) in [6.45, 7) is 7.75. The molecular formula is C14H25N5O. The Kier molecular flexibility index (Phi) is 6.41. The summed E-state index contributed by atoms with van der Waals surface area (Å²) in [4.78, 5) is 18.4. The van der Waals surface area contributed by atoms with Crippen molar-refractivity contribution in [1.29, 1.82) is 0 Å². The van der Waals surface area contributed by atoms with Gasteiger partial charge < -0.3 is 15.6 Å². The van der Waals surface area contributed by atoms with Gasteiger partial charge in [-0.2, -0.15) is 0 Å². The number of carbonyl (C=O) groups excluding carboxylic acids is 1. The number of nitrogen functional groups attached to an aromatic ring is 1. The second-order valence-electron chi connectivity index (χ2n) is 5.21. The molecule has 0 aliphatic carbocycles. The van der Waals surface area contributed by atoms with Gasteiger partial charge in [0, 0.05) is 23.8 Å². The van der Waals surface area contributed by atoms with Gasteiger partial charge in [-0.25, -0.2) is 10.8 Å². The third kappa shape index (κ3) is 5.14. The molecule has 0 fully saturated rings. The SMILES string of the molecule is Cc1cc(C(=O)NCCCN(C)C(C)C)cc(NN)n1.